The molecule has 5 nitrogen and oxygen atoms in total. The lowest BCUT2D eigenvalue weighted by Gasteiger charge is -2.17. The first-order valence-corrected chi connectivity index (χ1v) is 9.40. The van der Waals surface area contributed by atoms with Crippen LogP contribution in [0.3, 0.4) is 0 Å². The number of rotatable bonds is 6. The molecule has 0 spiro atoms. The molecule has 2 rings (SSSR count). The maximum Gasteiger partial charge on any atom is 0.339 e. The molecule has 0 aliphatic carbocycles. The van der Waals surface area contributed by atoms with E-state index < -0.39 is 16.8 Å². The Labute approximate surface area is 154 Å². The maximum atomic E-state index is 12.2. The van der Waals surface area contributed by atoms with Gasteiger partial charge in [0, 0.05) is 24.9 Å². The predicted molar refractivity (Wildman–Crippen MR) is 97.0 cm³/mol. The first-order chi connectivity index (χ1) is 11.9. The lowest BCUT2D eigenvalue weighted by Crippen LogP contribution is -2.31. The van der Waals surface area contributed by atoms with Crippen molar-refractivity contribution in [2.24, 2.45) is 0 Å². The van der Waals surface area contributed by atoms with Gasteiger partial charge in [-0.05, 0) is 29.8 Å². The summed E-state index contributed by atoms with van der Waals surface area (Å²) in [6.07, 6.45) is 1.48. The fourth-order valence-electron chi connectivity index (χ4n) is 2.15. The fourth-order valence-corrected chi connectivity index (χ4v) is 3.01. The minimum Gasteiger partial charge on any atom is -0.452 e. The second-order valence-electron chi connectivity index (χ2n) is 5.40. The van der Waals surface area contributed by atoms with Gasteiger partial charge in [-0.1, -0.05) is 35.9 Å². The third kappa shape index (κ3) is 5.41. The van der Waals surface area contributed by atoms with Crippen molar-refractivity contribution in [3.8, 4) is 0 Å². The Hall–Kier alpha value is -2.18. The van der Waals surface area contributed by atoms with Gasteiger partial charge in [0.05, 0.1) is 21.3 Å². The Morgan fingerprint density at radius 2 is 1.76 bits per heavy atom. The number of amides is 1. The molecule has 0 aliphatic rings. The summed E-state index contributed by atoms with van der Waals surface area (Å²) in [4.78, 5) is 26.1. The normalized spacial score (nSPS) is 11.6. The number of ether oxygens (including phenoxy) is 1. The Bertz CT molecular complexity index is 792. The number of carbonyl (C=O) groups excluding carboxylic acids is 2. The minimum atomic E-state index is -1.32. The van der Waals surface area contributed by atoms with Crippen LogP contribution in [0, 0.1) is 0 Å². The number of hydrogen-bond acceptors (Lipinski definition) is 4. The molecule has 132 valence electrons. The monoisotopic (exact) mass is 379 g/mol. The zero-order valence-electron chi connectivity index (χ0n) is 13.9. The molecule has 0 unspecified atom stereocenters. The van der Waals surface area contributed by atoms with Crippen LogP contribution in [0.15, 0.2) is 53.4 Å². The molecular formula is C18H18ClNO4S. The van der Waals surface area contributed by atoms with E-state index in [4.69, 9.17) is 16.3 Å². The SMILES string of the molecule is CN(Cc1ccc(Cl)cc1)C(=O)COC(=O)c1ccccc1[S@@](C)=O. The highest BCUT2D eigenvalue weighted by atomic mass is 35.5. The Morgan fingerprint density at radius 1 is 1.12 bits per heavy atom. The average Bonchev–Trinajstić information content (AvgIpc) is 2.61. The molecular weight excluding hydrogens is 362 g/mol. The molecule has 0 heterocycles. The topological polar surface area (TPSA) is 63.7 Å². The van der Waals surface area contributed by atoms with Crippen LogP contribution in [-0.2, 0) is 26.9 Å². The zero-order chi connectivity index (χ0) is 18.4. The summed E-state index contributed by atoms with van der Waals surface area (Å²) >= 11 is 5.83. The molecule has 0 saturated heterocycles. The molecule has 1 atom stereocenters. The third-order valence-corrected chi connectivity index (χ3v) is 4.73. The van der Waals surface area contributed by atoms with E-state index in [-0.39, 0.29) is 18.1 Å². The molecule has 0 N–H and O–H groups in total. The van der Waals surface area contributed by atoms with E-state index in [1.807, 2.05) is 12.1 Å². The third-order valence-electron chi connectivity index (χ3n) is 3.50. The highest BCUT2D eigenvalue weighted by Crippen LogP contribution is 2.14. The van der Waals surface area contributed by atoms with Crippen molar-refractivity contribution in [2.75, 3.05) is 19.9 Å². The van der Waals surface area contributed by atoms with Crippen LogP contribution in [0.4, 0.5) is 0 Å². The van der Waals surface area contributed by atoms with Crippen molar-refractivity contribution in [3.63, 3.8) is 0 Å². The molecule has 0 aromatic heterocycles. The number of halogens is 1. The number of benzene rings is 2. The second kappa shape index (κ2) is 8.78. The number of nitrogens with zero attached hydrogens (tertiary/aromatic N) is 1. The van der Waals surface area contributed by atoms with E-state index in [0.29, 0.717) is 16.5 Å². The van der Waals surface area contributed by atoms with Crippen LogP contribution >= 0.6 is 11.6 Å². The van der Waals surface area contributed by atoms with Crippen molar-refractivity contribution in [2.45, 2.75) is 11.4 Å². The quantitative estimate of drug-likeness (QED) is 0.724. The molecule has 0 fully saturated rings. The number of carbonyl (C=O) groups is 2. The summed E-state index contributed by atoms with van der Waals surface area (Å²) in [5.41, 5.74) is 1.12. The molecule has 2 aromatic carbocycles. The van der Waals surface area contributed by atoms with Gasteiger partial charge in [0.1, 0.15) is 0 Å². The molecule has 0 bridgehead atoms. The lowest BCUT2D eigenvalue weighted by atomic mass is 10.2. The Morgan fingerprint density at radius 3 is 2.40 bits per heavy atom. The molecule has 0 aliphatic heterocycles. The first kappa shape index (κ1) is 19.1. The zero-order valence-corrected chi connectivity index (χ0v) is 15.5. The van der Waals surface area contributed by atoms with E-state index in [2.05, 4.69) is 0 Å². The summed E-state index contributed by atoms with van der Waals surface area (Å²) in [5, 5.41) is 0.624. The highest BCUT2D eigenvalue weighted by Gasteiger charge is 2.17. The van der Waals surface area contributed by atoms with Crippen LogP contribution in [0.25, 0.3) is 0 Å². The molecule has 7 heteroatoms. The van der Waals surface area contributed by atoms with Crippen LogP contribution in [-0.4, -0.2) is 40.9 Å². The Kier molecular flexibility index (Phi) is 6.73. The highest BCUT2D eigenvalue weighted by molar-refractivity contribution is 7.84. The van der Waals surface area contributed by atoms with Gasteiger partial charge >= 0.3 is 5.97 Å². The molecule has 0 radical (unpaired) electrons. The Balaban J connectivity index is 1.94. The molecule has 0 saturated carbocycles. The van der Waals surface area contributed by atoms with Crippen molar-refractivity contribution < 1.29 is 18.5 Å². The lowest BCUT2D eigenvalue weighted by molar-refractivity contribution is -0.133. The summed E-state index contributed by atoms with van der Waals surface area (Å²) in [6, 6.07) is 13.6. The number of likely N-dealkylation sites (N-methyl/N-ethyl adjacent to an activating group) is 1. The number of hydrogen-bond donors (Lipinski definition) is 0. The van der Waals surface area contributed by atoms with E-state index in [0.717, 1.165) is 5.56 Å². The van der Waals surface area contributed by atoms with E-state index in [1.54, 1.807) is 37.4 Å². The van der Waals surface area contributed by atoms with Crippen LogP contribution in [0.1, 0.15) is 15.9 Å². The summed E-state index contributed by atoms with van der Waals surface area (Å²) in [6.45, 7) is -0.00325. The van der Waals surface area contributed by atoms with E-state index >= 15 is 0 Å². The van der Waals surface area contributed by atoms with Gasteiger partial charge in [-0.3, -0.25) is 9.00 Å². The van der Waals surface area contributed by atoms with Gasteiger partial charge in [0.2, 0.25) is 0 Å². The van der Waals surface area contributed by atoms with Gasteiger partial charge in [-0.25, -0.2) is 4.79 Å². The van der Waals surface area contributed by atoms with E-state index in [1.165, 1.54) is 17.2 Å². The van der Waals surface area contributed by atoms with Crippen molar-refractivity contribution in [1.29, 1.82) is 0 Å². The number of esters is 1. The van der Waals surface area contributed by atoms with Gasteiger partial charge < -0.3 is 9.64 Å². The molecule has 25 heavy (non-hydrogen) atoms. The van der Waals surface area contributed by atoms with Crippen molar-refractivity contribution in [1.82, 2.24) is 4.90 Å². The maximum absolute atomic E-state index is 12.2. The minimum absolute atomic E-state index is 0.205. The largest absolute Gasteiger partial charge is 0.452 e. The van der Waals surface area contributed by atoms with Crippen molar-refractivity contribution >= 4 is 34.3 Å². The van der Waals surface area contributed by atoms with Crippen LogP contribution in [0.5, 0.6) is 0 Å². The first-order valence-electron chi connectivity index (χ1n) is 7.46. The standard InChI is InChI=1S/C18H18ClNO4S/c1-20(11-13-7-9-14(19)10-8-13)17(21)12-24-18(22)15-5-3-4-6-16(15)25(2)23/h3-10H,11-12H2,1-2H3/t25-/m1/s1. The van der Waals surface area contributed by atoms with E-state index in [9.17, 15) is 13.8 Å². The smallest absolute Gasteiger partial charge is 0.339 e. The van der Waals surface area contributed by atoms with Gasteiger partial charge in [-0.2, -0.15) is 0 Å². The molecule has 1 amide bonds. The van der Waals surface area contributed by atoms with Crippen LogP contribution < -0.4 is 0 Å². The van der Waals surface area contributed by atoms with Crippen molar-refractivity contribution in [3.05, 3.63) is 64.7 Å². The summed E-state index contributed by atoms with van der Waals surface area (Å²) in [7, 11) is 0.305. The second-order valence-corrected chi connectivity index (χ2v) is 7.19. The average molecular weight is 380 g/mol. The van der Waals surface area contributed by atoms with Crippen LogP contribution in [0.2, 0.25) is 5.02 Å². The van der Waals surface area contributed by atoms with Gasteiger partial charge in [0.15, 0.2) is 6.61 Å². The summed E-state index contributed by atoms with van der Waals surface area (Å²) in [5.74, 6) is -1.00. The summed E-state index contributed by atoms with van der Waals surface area (Å²) < 4.78 is 16.7. The van der Waals surface area contributed by atoms with Gasteiger partial charge in [0.25, 0.3) is 5.91 Å². The fraction of sp³-hybridized carbons (Fsp3) is 0.222. The molecule has 2 aromatic rings. The van der Waals surface area contributed by atoms with Gasteiger partial charge in [-0.15, -0.1) is 0 Å². The predicted octanol–water partition coefficient (Wildman–Crippen LogP) is 2.89.